The Kier molecular flexibility index (Phi) is 38.0. The Morgan fingerprint density at radius 3 is 1.02 bits per heavy atom. The summed E-state index contributed by atoms with van der Waals surface area (Å²) in [5, 5.41) is 26.2. The smallest absolute Gasteiger partial charge is 0.258 e. The van der Waals surface area contributed by atoms with Gasteiger partial charge in [0.25, 0.3) is 5.69 Å². The van der Waals surface area contributed by atoms with Gasteiger partial charge < -0.3 is 0 Å². The lowest BCUT2D eigenvalue weighted by molar-refractivity contribution is -0.384. The Labute approximate surface area is 601 Å². The van der Waals surface area contributed by atoms with Crippen LogP contribution in [0, 0.1) is 173 Å². The first kappa shape index (κ1) is 85.4. The zero-order chi connectivity index (χ0) is 71.6. The fourth-order valence-corrected chi connectivity index (χ4v) is 11.3. The van der Waals surface area contributed by atoms with Crippen molar-refractivity contribution < 1.29 is 9.85 Å². The van der Waals surface area contributed by atoms with Crippen LogP contribution in [0.3, 0.4) is 0 Å². The van der Waals surface area contributed by atoms with Crippen LogP contribution in [0.4, 0.5) is 11.4 Å². The number of hydrogen-bond donors (Lipinski definition) is 0. The fourth-order valence-electron chi connectivity index (χ4n) is 8.51. The largest absolute Gasteiger partial charge is 0.306 e. The Hall–Kier alpha value is -5.61. The van der Waals surface area contributed by atoms with Crippen molar-refractivity contribution in [2.45, 2.75) is 166 Å². The molecule has 0 saturated carbocycles. The quantitative estimate of drug-likeness (QED) is 0.130. The molecule has 0 aliphatic heterocycles. The van der Waals surface area contributed by atoms with E-state index in [1.54, 1.807) is 32.0 Å². The van der Waals surface area contributed by atoms with Gasteiger partial charge in [0.1, 0.15) is 15.1 Å². The molecule has 0 spiro atoms. The molecular formula is C78H91Cl9N2O4. The van der Waals surface area contributed by atoms with Gasteiger partial charge >= 0.3 is 5.69 Å². The van der Waals surface area contributed by atoms with E-state index in [0.29, 0.717) is 10.6 Å². The Balaban J connectivity index is 0.000000525. The Morgan fingerprint density at radius 1 is 0.290 bits per heavy atom. The van der Waals surface area contributed by atoms with Gasteiger partial charge in [-0.2, -0.15) is 0 Å². The number of rotatable bonds is 3. The molecule has 15 heteroatoms. The summed E-state index contributed by atoms with van der Waals surface area (Å²) in [4.78, 5) is 19.9. The maximum atomic E-state index is 10.5. The molecule has 0 bridgehead atoms. The second-order valence-corrected chi connectivity index (χ2v) is 27.0. The number of nitro benzene ring substituents is 2. The third-order valence-electron chi connectivity index (χ3n) is 15.9. The second-order valence-electron chi connectivity index (χ2n) is 23.2. The molecule has 9 aromatic carbocycles. The van der Waals surface area contributed by atoms with Crippen molar-refractivity contribution in [2.24, 2.45) is 0 Å². The summed E-state index contributed by atoms with van der Waals surface area (Å²) in [5.74, 6) is 0. The molecule has 9 rings (SSSR count). The van der Waals surface area contributed by atoms with Gasteiger partial charge in [0.05, 0.1) is 9.85 Å². The second kappa shape index (κ2) is 41.4. The summed E-state index contributed by atoms with van der Waals surface area (Å²) >= 11 is 52.0. The summed E-state index contributed by atoms with van der Waals surface area (Å²) < 4.78 is 0. The van der Waals surface area contributed by atoms with E-state index < -0.39 is 9.85 Å². The maximum Gasteiger partial charge on any atom is 0.306 e. The van der Waals surface area contributed by atoms with Gasteiger partial charge in [-0.3, -0.25) is 20.2 Å². The van der Waals surface area contributed by atoms with E-state index in [2.05, 4.69) is 153 Å². The number of benzene rings is 9. The topological polar surface area (TPSA) is 86.3 Å². The molecule has 0 fully saturated rings. The van der Waals surface area contributed by atoms with Gasteiger partial charge in [0.15, 0.2) is 0 Å². The van der Waals surface area contributed by atoms with E-state index in [4.69, 9.17) is 104 Å². The lowest BCUT2D eigenvalue weighted by atomic mass is 10.0. The van der Waals surface area contributed by atoms with Gasteiger partial charge in [0, 0.05) is 36.2 Å². The standard InChI is InChI=1S/C10H13Cl.C10H14.2C9H11Cl.C8H7Cl2NO2.C8H8Cl2.C8H8ClNO2.C8H9Cl.C8H10/c1-4-9-6-10(11)5-7(2)8(9)3;1-7-5-8(2)10(4)9(3)6-7;1-6-4-9(10)5-7(2)8(6)3;1-6-4-7(2)8(3)9(10)5-6;1-4-3-6(9)8(11(12)13)7(10)5(4)2;1-5-3-7(9)4-8(10)6(5)2;1-5-3-7(9)8(10(11)12)4-6(5)2;1-6-3-4-8(9)5-7(6)2;1-7-5-3-4-6-8(7)2/h5-6H,4H2,1-3H3;5-6H,1-4H3;2*4-5H,1-3H3;3H,1-2H3;3-4H,1-2H3;3-4H,1-2H3;3-5H,1-2H3;3-6H,1-2H3. The van der Waals surface area contributed by atoms with Crippen molar-refractivity contribution in [3.05, 3.63) is 315 Å². The zero-order valence-corrected chi connectivity index (χ0v) is 65.0. The normalized spacial score (nSPS) is 9.94. The molecule has 0 radical (unpaired) electrons. The van der Waals surface area contributed by atoms with Crippen LogP contribution in [0.25, 0.3) is 0 Å². The number of nitrogens with zero attached hydrogens (tertiary/aromatic N) is 2. The minimum Gasteiger partial charge on any atom is -0.258 e. The Bertz CT molecular complexity index is 3670. The first-order chi connectivity index (χ1) is 43.1. The average molecular weight is 1440 g/mol. The molecule has 0 atom stereocenters. The maximum absolute atomic E-state index is 10.5. The SMILES string of the molecule is CCc1cc(Cl)cc(C)c1C.Cc1cc(C)c(C)c(C)c1.Cc1cc(C)c(C)c(Cl)c1.Cc1cc(Cl)c([N+](=O)[O-])c(Cl)c1C.Cc1cc(Cl)c([N+](=O)[O-])cc1C.Cc1cc(Cl)cc(C)c1C.Cc1cc(Cl)cc(Cl)c1C.Cc1ccc(Cl)cc1C.Cc1ccccc1C. The van der Waals surface area contributed by atoms with Crippen molar-refractivity contribution in [3.8, 4) is 0 Å². The predicted molar refractivity (Wildman–Crippen MR) is 410 cm³/mol. The van der Waals surface area contributed by atoms with Crippen LogP contribution in [-0.4, -0.2) is 9.85 Å². The fraction of sp³-hybridized carbons (Fsp3) is 0.308. The van der Waals surface area contributed by atoms with Crippen LogP contribution in [0.2, 0.25) is 45.2 Å². The van der Waals surface area contributed by atoms with Crippen molar-refractivity contribution in [1.29, 1.82) is 0 Å². The van der Waals surface area contributed by atoms with Crippen molar-refractivity contribution in [1.82, 2.24) is 0 Å². The van der Waals surface area contributed by atoms with Crippen molar-refractivity contribution >= 4 is 116 Å². The van der Waals surface area contributed by atoms with Gasteiger partial charge in [0.2, 0.25) is 0 Å². The molecule has 500 valence electrons. The van der Waals surface area contributed by atoms with E-state index in [-0.39, 0.29) is 26.4 Å². The monoisotopic (exact) mass is 1430 g/mol. The molecule has 9 aromatic rings. The van der Waals surface area contributed by atoms with Crippen molar-refractivity contribution in [2.75, 3.05) is 0 Å². The molecular weight excluding hydrogens is 1350 g/mol. The van der Waals surface area contributed by atoms with Crippen LogP contribution in [0.15, 0.2) is 121 Å². The van der Waals surface area contributed by atoms with Crippen LogP contribution >= 0.6 is 104 Å². The molecule has 0 aromatic heterocycles. The molecule has 0 aliphatic rings. The average Bonchev–Trinajstić information content (AvgIpc) is 0.855. The van der Waals surface area contributed by atoms with Crippen LogP contribution in [0.5, 0.6) is 0 Å². The third-order valence-corrected chi connectivity index (χ3v) is 18.7. The molecule has 0 unspecified atom stereocenters. The number of aryl methyl sites for hydroxylation is 17. The summed E-state index contributed by atoms with van der Waals surface area (Å²) in [7, 11) is 0. The highest BCUT2D eigenvalue weighted by Gasteiger charge is 2.21. The summed E-state index contributed by atoms with van der Waals surface area (Å²) in [6.07, 6.45) is 1.06. The first-order valence-corrected chi connectivity index (χ1v) is 33.4. The summed E-state index contributed by atoms with van der Waals surface area (Å²) in [6, 6.07) is 39.2. The lowest BCUT2D eigenvalue weighted by Crippen LogP contribution is -1.94. The summed E-state index contributed by atoms with van der Waals surface area (Å²) in [5.41, 5.74) is 27.8. The molecule has 0 heterocycles. The molecule has 0 amide bonds. The summed E-state index contributed by atoms with van der Waals surface area (Å²) in [6.45, 7) is 47.0. The minimum atomic E-state index is -0.572. The molecule has 6 nitrogen and oxygen atoms in total. The number of hydrogen-bond acceptors (Lipinski definition) is 4. The van der Waals surface area contributed by atoms with Gasteiger partial charge in [-0.1, -0.05) is 165 Å². The molecule has 0 aliphatic carbocycles. The van der Waals surface area contributed by atoms with E-state index >= 15 is 0 Å². The third kappa shape index (κ3) is 29.5. The first-order valence-electron chi connectivity index (χ1n) is 30.0. The van der Waals surface area contributed by atoms with E-state index in [1.165, 1.54) is 101 Å². The van der Waals surface area contributed by atoms with E-state index in [9.17, 15) is 20.2 Å². The van der Waals surface area contributed by atoms with E-state index in [0.717, 1.165) is 59.4 Å². The van der Waals surface area contributed by atoms with Crippen LogP contribution < -0.4 is 0 Å². The van der Waals surface area contributed by atoms with Gasteiger partial charge in [-0.15, -0.1) is 0 Å². The van der Waals surface area contributed by atoms with Crippen molar-refractivity contribution in [3.63, 3.8) is 0 Å². The highest BCUT2D eigenvalue weighted by Crippen LogP contribution is 2.37. The Morgan fingerprint density at radius 2 is 0.624 bits per heavy atom. The molecule has 0 N–H and O–H groups in total. The van der Waals surface area contributed by atoms with Crippen LogP contribution in [-0.2, 0) is 6.42 Å². The number of nitro groups is 2. The van der Waals surface area contributed by atoms with Crippen LogP contribution in [0.1, 0.15) is 135 Å². The number of halogens is 9. The molecule has 0 saturated heterocycles. The minimum absolute atomic E-state index is 0.0280. The van der Waals surface area contributed by atoms with Gasteiger partial charge in [-0.25, -0.2) is 0 Å². The zero-order valence-electron chi connectivity index (χ0n) is 58.2. The highest BCUT2D eigenvalue weighted by atomic mass is 35.5. The predicted octanol–water partition coefficient (Wildman–Crippen LogP) is 28.2. The van der Waals surface area contributed by atoms with Gasteiger partial charge in [-0.05, 0) is 348 Å². The van der Waals surface area contributed by atoms with E-state index in [1.807, 2.05) is 89.2 Å². The lowest BCUT2D eigenvalue weighted by Gasteiger charge is -2.06. The molecule has 93 heavy (non-hydrogen) atoms. The highest BCUT2D eigenvalue weighted by molar-refractivity contribution is 6.39.